The number of rotatable bonds is 5. The SMILES string of the molecule is CCN(CC(=O)N1CCCC1=O)CC1CCCCN1. The molecule has 5 heteroatoms. The highest BCUT2D eigenvalue weighted by molar-refractivity contribution is 5.97. The second kappa shape index (κ2) is 7.01. The van der Waals surface area contributed by atoms with Crippen molar-refractivity contribution < 1.29 is 9.59 Å². The first kappa shape index (κ1) is 14.5. The molecule has 2 aliphatic rings. The van der Waals surface area contributed by atoms with E-state index in [4.69, 9.17) is 0 Å². The molecule has 2 saturated heterocycles. The minimum absolute atomic E-state index is 0.00292. The molecule has 0 aliphatic carbocycles. The minimum atomic E-state index is -0.0276. The summed E-state index contributed by atoms with van der Waals surface area (Å²) < 4.78 is 0. The average Bonchev–Trinajstić information content (AvgIpc) is 2.85. The predicted octanol–water partition coefficient (Wildman–Crippen LogP) is 0.599. The molecule has 0 spiro atoms. The van der Waals surface area contributed by atoms with E-state index >= 15 is 0 Å². The van der Waals surface area contributed by atoms with Gasteiger partial charge in [-0.05, 0) is 32.4 Å². The lowest BCUT2D eigenvalue weighted by Crippen LogP contribution is -2.47. The topological polar surface area (TPSA) is 52.7 Å². The number of nitrogens with zero attached hydrogens (tertiary/aromatic N) is 2. The van der Waals surface area contributed by atoms with Gasteiger partial charge in [0.05, 0.1) is 6.54 Å². The fraction of sp³-hybridized carbons (Fsp3) is 0.857. The van der Waals surface area contributed by atoms with Gasteiger partial charge in [0, 0.05) is 25.6 Å². The van der Waals surface area contributed by atoms with Gasteiger partial charge in [-0.15, -0.1) is 0 Å². The third-order valence-corrected chi connectivity index (χ3v) is 4.07. The summed E-state index contributed by atoms with van der Waals surface area (Å²) in [7, 11) is 0. The van der Waals surface area contributed by atoms with E-state index in [1.807, 2.05) is 0 Å². The first-order valence-corrected chi connectivity index (χ1v) is 7.49. The molecule has 2 heterocycles. The van der Waals surface area contributed by atoms with Gasteiger partial charge in [0.25, 0.3) is 0 Å². The normalized spacial score (nSPS) is 24.2. The molecule has 2 aliphatic heterocycles. The van der Waals surface area contributed by atoms with Gasteiger partial charge < -0.3 is 5.32 Å². The molecule has 1 unspecified atom stereocenters. The van der Waals surface area contributed by atoms with Crippen molar-refractivity contribution >= 4 is 11.8 Å². The van der Waals surface area contributed by atoms with Gasteiger partial charge in [-0.3, -0.25) is 19.4 Å². The number of carbonyl (C=O) groups excluding carboxylic acids is 2. The molecule has 108 valence electrons. The third kappa shape index (κ3) is 4.01. The second-order valence-electron chi connectivity index (χ2n) is 5.52. The fourth-order valence-corrected chi connectivity index (χ4v) is 2.89. The van der Waals surface area contributed by atoms with Crippen LogP contribution in [0.25, 0.3) is 0 Å². The summed E-state index contributed by atoms with van der Waals surface area (Å²) in [5.41, 5.74) is 0. The molecule has 0 aromatic heterocycles. The number of piperidine rings is 1. The number of nitrogens with one attached hydrogen (secondary N) is 1. The Bertz CT molecular complexity index is 327. The van der Waals surface area contributed by atoms with Crippen LogP contribution in [0.1, 0.15) is 39.0 Å². The van der Waals surface area contributed by atoms with Gasteiger partial charge in [-0.2, -0.15) is 0 Å². The van der Waals surface area contributed by atoms with E-state index < -0.39 is 0 Å². The number of imide groups is 1. The van der Waals surface area contributed by atoms with Crippen LogP contribution in [-0.2, 0) is 9.59 Å². The Morgan fingerprint density at radius 2 is 2.26 bits per heavy atom. The van der Waals surface area contributed by atoms with Crippen molar-refractivity contribution in [3.63, 3.8) is 0 Å². The zero-order valence-corrected chi connectivity index (χ0v) is 11.9. The highest BCUT2D eigenvalue weighted by atomic mass is 16.2. The predicted molar refractivity (Wildman–Crippen MR) is 73.7 cm³/mol. The Hall–Kier alpha value is -0.940. The van der Waals surface area contributed by atoms with Crippen LogP contribution in [0, 0.1) is 0 Å². The standard InChI is InChI=1S/C14H25N3O2/c1-2-16(10-12-6-3-4-8-15-12)11-14(19)17-9-5-7-13(17)18/h12,15H,2-11H2,1H3. The molecule has 2 rings (SSSR count). The van der Waals surface area contributed by atoms with Crippen molar-refractivity contribution in [2.45, 2.75) is 45.1 Å². The van der Waals surface area contributed by atoms with E-state index in [-0.39, 0.29) is 11.8 Å². The van der Waals surface area contributed by atoms with Gasteiger partial charge in [0.15, 0.2) is 0 Å². The quantitative estimate of drug-likeness (QED) is 0.792. The van der Waals surface area contributed by atoms with Gasteiger partial charge in [0.2, 0.25) is 11.8 Å². The van der Waals surface area contributed by atoms with Crippen LogP contribution in [0.4, 0.5) is 0 Å². The zero-order chi connectivity index (χ0) is 13.7. The Morgan fingerprint density at radius 1 is 1.42 bits per heavy atom. The lowest BCUT2D eigenvalue weighted by Gasteiger charge is -2.30. The summed E-state index contributed by atoms with van der Waals surface area (Å²) in [6, 6.07) is 0.496. The van der Waals surface area contributed by atoms with E-state index in [0.29, 0.717) is 25.6 Å². The number of likely N-dealkylation sites (N-methyl/N-ethyl adjacent to an activating group) is 1. The van der Waals surface area contributed by atoms with Gasteiger partial charge >= 0.3 is 0 Å². The van der Waals surface area contributed by atoms with Crippen LogP contribution in [0.3, 0.4) is 0 Å². The van der Waals surface area contributed by atoms with E-state index in [0.717, 1.165) is 26.1 Å². The molecule has 0 radical (unpaired) electrons. The van der Waals surface area contributed by atoms with Crippen molar-refractivity contribution in [3.05, 3.63) is 0 Å². The van der Waals surface area contributed by atoms with E-state index in [1.54, 1.807) is 0 Å². The Morgan fingerprint density at radius 3 is 2.84 bits per heavy atom. The largest absolute Gasteiger partial charge is 0.313 e. The maximum absolute atomic E-state index is 12.1. The summed E-state index contributed by atoms with van der Waals surface area (Å²) in [6.07, 6.45) is 5.06. The van der Waals surface area contributed by atoms with E-state index in [1.165, 1.54) is 24.2 Å². The molecule has 19 heavy (non-hydrogen) atoms. The molecule has 1 N–H and O–H groups in total. The smallest absolute Gasteiger partial charge is 0.243 e. The molecule has 2 fully saturated rings. The highest BCUT2D eigenvalue weighted by Crippen LogP contribution is 2.12. The van der Waals surface area contributed by atoms with Crippen LogP contribution in [-0.4, -0.2) is 60.4 Å². The maximum atomic E-state index is 12.1. The van der Waals surface area contributed by atoms with Crippen molar-refractivity contribution in [1.29, 1.82) is 0 Å². The van der Waals surface area contributed by atoms with Crippen molar-refractivity contribution in [1.82, 2.24) is 15.1 Å². The second-order valence-corrected chi connectivity index (χ2v) is 5.52. The highest BCUT2D eigenvalue weighted by Gasteiger charge is 2.27. The number of likely N-dealkylation sites (tertiary alicyclic amines) is 1. The van der Waals surface area contributed by atoms with Crippen LogP contribution in [0.15, 0.2) is 0 Å². The van der Waals surface area contributed by atoms with Crippen LogP contribution >= 0.6 is 0 Å². The monoisotopic (exact) mass is 267 g/mol. The molecule has 1 atom stereocenters. The van der Waals surface area contributed by atoms with Crippen molar-refractivity contribution in [3.8, 4) is 0 Å². The molecular weight excluding hydrogens is 242 g/mol. The Kier molecular flexibility index (Phi) is 5.34. The van der Waals surface area contributed by atoms with Crippen LogP contribution in [0.5, 0.6) is 0 Å². The van der Waals surface area contributed by atoms with Crippen molar-refractivity contribution in [2.24, 2.45) is 0 Å². The van der Waals surface area contributed by atoms with Gasteiger partial charge in [-0.1, -0.05) is 13.3 Å². The first-order chi connectivity index (χ1) is 9.20. The van der Waals surface area contributed by atoms with Crippen molar-refractivity contribution in [2.75, 3.05) is 32.7 Å². The Labute approximate surface area is 115 Å². The molecule has 0 aromatic rings. The number of hydrogen-bond donors (Lipinski definition) is 1. The molecule has 0 aromatic carbocycles. The summed E-state index contributed by atoms with van der Waals surface area (Å²) >= 11 is 0. The van der Waals surface area contributed by atoms with Gasteiger partial charge in [0.1, 0.15) is 0 Å². The fourth-order valence-electron chi connectivity index (χ4n) is 2.89. The molecule has 0 bridgehead atoms. The molecular formula is C14H25N3O2. The van der Waals surface area contributed by atoms with Gasteiger partial charge in [-0.25, -0.2) is 0 Å². The summed E-state index contributed by atoms with van der Waals surface area (Å²) in [6.45, 7) is 5.90. The van der Waals surface area contributed by atoms with Crippen LogP contribution < -0.4 is 5.32 Å². The van der Waals surface area contributed by atoms with E-state index in [9.17, 15) is 9.59 Å². The maximum Gasteiger partial charge on any atom is 0.243 e. The third-order valence-electron chi connectivity index (χ3n) is 4.07. The Balaban J connectivity index is 1.80. The molecule has 5 nitrogen and oxygen atoms in total. The number of hydrogen-bond acceptors (Lipinski definition) is 4. The summed E-state index contributed by atoms with van der Waals surface area (Å²) in [4.78, 5) is 27.2. The van der Waals surface area contributed by atoms with Crippen LogP contribution in [0.2, 0.25) is 0 Å². The average molecular weight is 267 g/mol. The number of amides is 2. The number of carbonyl (C=O) groups is 2. The molecule has 2 amide bonds. The first-order valence-electron chi connectivity index (χ1n) is 7.49. The molecule has 0 saturated carbocycles. The zero-order valence-electron chi connectivity index (χ0n) is 11.9. The lowest BCUT2D eigenvalue weighted by molar-refractivity contribution is -0.142. The minimum Gasteiger partial charge on any atom is -0.313 e. The lowest BCUT2D eigenvalue weighted by atomic mass is 10.0. The summed E-state index contributed by atoms with van der Waals surface area (Å²) in [5.74, 6) is -0.0306. The summed E-state index contributed by atoms with van der Waals surface area (Å²) in [5, 5.41) is 3.50. The van der Waals surface area contributed by atoms with E-state index in [2.05, 4.69) is 17.1 Å².